The Morgan fingerprint density at radius 3 is 2.63 bits per heavy atom. The van der Waals surface area contributed by atoms with E-state index in [1.807, 2.05) is 4.90 Å². The fourth-order valence-corrected chi connectivity index (χ4v) is 2.51. The number of halogens is 1. The van der Waals surface area contributed by atoms with Crippen molar-refractivity contribution in [1.82, 2.24) is 10.2 Å². The van der Waals surface area contributed by atoms with Gasteiger partial charge in [0, 0.05) is 19.1 Å². The van der Waals surface area contributed by atoms with Crippen molar-refractivity contribution in [2.45, 2.75) is 31.7 Å². The van der Waals surface area contributed by atoms with Gasteiger partial charge in [-0.05, 0) is 44.2 Å². The first kappa shape index (κ1) is 14.4. The SMILES string of the molecule is Cl.O=C(c1ccoc1)N1CCC(NCC2CC2)CC1. The number of likely N-dealkylation sites (tertiary alicyclic amines) is 1. The number of hydrogen-bond donors (Lipinski definition) is 1. The molecule has 0 radical (unpaired) electrons. The molecule has 0 aromatic carbocycles. The molecule has 3 rings (SSSR count). The maximum Gasteiger partial charge on any atom is 0.257 e. The zero-order valence-electron chi connectivity index (χ0n) is 11.0. The van der Waals surface area contributed by atoms with Gasteiger partial charge in [-0.25, -0.2) is 0 Å². The van der Waals surface area contributed by atoms with Gasteiger partial charge < -0.3 is 14.6 Å². The second-order valence-electron chi connectivity index (χ2n) is 5.43. The molecule has 0 unspecified atom stereocenters. The number of piperidine rings is 1. The van der Waals surface area contributed by atoms with Crippen molar-refractivity contribution in [3.05, 3.63) is 24.2 Å². The van der Waals surface area contributed by atoms with Crippen molar-refractivity contribution < 1.29 is 9.21 Å². The van der Waals surface area contributed by atoms with Gasteiger partial charge in [0.2, 0.25) is 0 Å². The van der Waals surface area contributed by atoms with Crippen LogP contribution in [0.3, 0.4) is 0 Å². The van der Waals surface area contributed by atoms with E-state index in [1.54, 1.807) is 12.3 Å². The lowest BCUT2D eigenvalue weighted by molar-refractivity contribution is 0.0704. The molecule has 0 bridgehead atoms. The van der Waals surface area contributed by atoms with E-state index in [1.165, 1.54) is 25.6 Å². The summed E-state index contributed by atoms with van der Waals surface area (Å²) in [5.41, 5.74) is 0.666. The van der Waals surface area contributed by atoms with Gasteiger partial charge in [-0.1, -0.05) is 0 Å². The molecule has 5 heteroatoms. The molecule has 1 saturated carbocycles. The van der Waals surface area contributed by atoms with E-state index >= 15 is 0 Å². The van der Waals surface area contributed by atoms with Crippen LogP contribution in [-0.2, 0) is 0 Å². The molecule has 0 atom stereocenters. The molecule has 1 aromatic rings. The Bertz CT molecular complexity index is 396. The molecular formula is C14H21ClN2O2. The fourth-order valence-electron chi connectivity index (χ4n) is 2.51. The summed E-state index contributed by atoms with van der Waals surface area (Å²) in [6, 6.07) is 2.33. The number of nitrogens with zero attached hydrogens (tertiary/aromatic N) is 1. The van der Waals surface area contributed by atoms with Gasteiger partial charge in [-0.3, -0.25) is 4.79 Å². The van der Waals surface area contributed by atoms with E-state index in [9.17, 15) is 4.79 Å². The lowest BCUT2D eigenvalue weighted by Crippen LogP contribution is -2.45. The molecule has 1 aliphatic carbocycles. The number of nitrogens with one attached hydrogen (secondary N) is 1. The molecule has 1 aromatic heterocycles. The predicted molar refractivity (Wildman–Crippen MR) is 75.6 cm³/mol. The summed E-state index contributed by atoms with van der Waals surface area (Å²) < 4.78 is 4.96. The smallest absolute Gasteiger partial charge is 0.257 e. The lowest BCUT2D eigenvalue weighted by atomic mass is 10.0. The highest BCUT2D eigenvalue weighted by Crippen LogP contribution is 2.28. The van der Waals surface area contributed by atoms with Crippen LogP contribution in [0, 0.1) is 5.92 Å². The van der Waals surface area contributed by atoms with Crippen molar-refractivity contribution >= 4 is 18.3 Å². The van der Waals surface area contributed by atoms with E-state index < -0.39 is 0 Å². The van der Waals surface area contributed by atoms with Crippen LogP contribution in [0.5, 0.6) is 0 Å². The van der Waals surface area contributed by atoms with Crippen molar-refractivity contribution in [1.29, 1.82) is 0 Å². The van der Waals surface area contributed by atoms with Crippen molar-refractivity contribution in [2.24, 2.45) is 5.92 Å². The highest BCUT2D eigenvalue weighted by molar-refractivity contribution is 5.93. The molecule has 2 heterocycles. The molecule has 2 fully saturated rings. The van der Waals surface area contributed by atoms with Gasteiger partial charge in [0.25, 0.3) is 5.91 Å². The third-order valence-corrected chi connectivity index (χ3v) is 3.94. The topological polar surface area (TPSA) is 45.5 Å². The molecule has 1 amide bonds. The quantitative estimate of drug-likeness (QED) is 0.923. The summed E-state index contributed by atoms with van der Waals surface area (Å²) in [6.45, 7) is 2.87. The minimum atomic E-state index is 0. The molecule has 1 saturated heterocycles. The standard InChI is InChI=1S/C14H20N2O2.ClH/c17-14(12-5-8-18-10-12)16-6-3-13(4-7-16)15-9-11-1-2-11;/h5,8,10-11,13,15H,1-4,6-7,9H2;1H. The summed E-state index contributed by atoms with van der Waals surface area (Å²) in [4.78, 5) is 14.0. The van der Waals surface area contributed by atoms with Crippen LogP contribution in [0.4, 0.5) is 0 Å². The molecule has 106 valence electrons. The second kappa shape index (κ2) is 6.44. The Labute approximate surface area is 119 Å². The number of rotatable bonds is 4. The minimum absolute atomic E-state index is 0. The van der Waals surface area contributed by atoms with Gasteiger partial charge in [0.1, 0.15) is 6.26 Å². The molecule has 1 aliphatic heterocycles. The Kier molecular flexibility index (Phi) is 4.88. The summed E-state index contributed by atoms with van der Waals surface area (Å²) in [7, 11) is 0. The predicted octanol–water partition coefficient (Wildman–Crippen LogP) is 2.31. The Morgan fingerprint density at radius 1 is 1.32 bits per heavy atom. The van der Waals surface area contributed by atoms with Gasteiger partial charge in [-0.15, -0.1) is 12.4 Å². The van der Waals surface area contributed by atoms with Crippen LogP contribution >= 0.6 is 12.4 Å². The summed E-state index contributed by atoms with van der Waals surface area (Å²) >= 11 is 0. The first-order chi connectivity index (χ1) is 8.83. The third kappa shape index (κ3) is 3.74. The van der Waals surface area contributed by atoms with Crippen molar-refractivity contribution in [3.63, 3.8) is 0 Å². The Balaban J connectivity index is 0.00000133. The maximum atomic E-state index is 12.1. The van der Waals surface area contributed by atoms with E-state index in [0.29, 0.717) is 11.6 Å². The van der Waals surface area contributed by atoms with E-state index in [2.05, 4.69) is 5.32 Å². The minimum Gasteiger partial charge on any atom is -0.472 e. The van der Waals surface area contributed by atoms with Crippen LogP contribution in [-0.4, -0.2) is 36.5 Å². The molecule has 4 nitrogen and oxygen atoms in total. The Morgan fingerprint density at radius 2 is 2.05 bits per heavy atom. The van der Waals surface area contributed by atoms with Gasteiger partial charge >= 0.3 is 0 Å². The lowest BCUT2D eigenvalue weighted by Gasteiger charge is -2.32. The highest BCUT2D eigenvalue weighted by atomic mass is 35.5. The first-order valence-electron chi connectivity index (χ1n) is 6.88. The number of amides is 1. The van der Waals surface area contributed by atoms with E-state index in [-0.39, 0.29) is 18.3 Å². The monoisotopic (exact) mass is 284 g/mol. The van der Waals surface area contributed by atoms with Crippen LogP contribution in [0.15, 0.2) is 23.0 Å². The third-order valence-electron chi connectivity index (χ3n) is 3.94. The van der Waals surface area contributed by atoms with Gasteiger partial charge in [-0.2, -0.15) is 0 Å². The summed E-state index contributed by atoms with van der Waals surface area (Å²) in [5.74, 6) is 1.03. The fraction of sp³-hybridized carbons (Fsp3) is 0.643. The average Bonchev–Trinajstić information content (AvgIpc) is 3.08. The Hall–Kier alpha value is -1.00. The summed E-state index contributed by atoms with van der Waals surface area (Å²) in [5, 5.41) is 3.62. The number of carbonyl (C=O) groups excluding carboxylic acids is 1. The zero-order valence-corrected chi connectivity index (χ0v) is 11.8. The van der Waals surface area contributed by atoms with Crippen LogP contribution in [0.2, 0.25) is 0 Å². The highest BCUT2D eigenvalue weighted by Gasteiger charge is 2.26. The second-order valence-corrected chi connectivity index (χ2v) is 5.43. The number of furan rings is 1. The van der Waals surface area contributed by atoms with E-state index in [0.717, 1.165) is 31.8 Å². The molecule has 1 N–H and O–H groups in total. The van der Waals surface area contributed by atoms with Gasteiger partial charge in [0.15, 0.2) is 0 Å². The van der Waals surface area contributed by atoms with Crippen molar-refractivity contribution in [2.75, 3.05) is 19.6 Å². The number of carbonyl (C=O) groups is 1. The van der Waals surface area contributed by atoms with Crippen molar-refractivity contribution in [3.8, 4) is 0 Å². The van der Waals surface area contributed by atoms with Crippen LogP contribution in [0.25, 0.3) is 0 Å². The van der Waals surface area contributed by atoms with Crippen LogP contribution in [0.1, 0.15) is 36.0 Å². The van der Waals surface area contributed by atoms with Gasteiger partial charge in [0.05, 0.1) is 11.8 Å². The van der Waals surface area contributed by atoms with Crippen LogP contribution < -0.4 is 5.32 Å². The maximum absolute atomic E-state index is 12.1. The normalized spacial score (nSPS) is 20.1. The molecular weight excluding hydrogens is 264 g/mol. The molecule has 0 spiro atoms. The molecule has 19 heavy (non-hydrogen) atoms. The molecule has 2 aliphatic rings. The zero-order chi connectivity index (χ0) is 12.4. The first-order valence-corrected chi connectivity index (χ1v) is 6.88. The van der Waals surface area contributed by atoms with E-state index in [4.69, 9.17) is 4.42 Å². The summed E-state index contributed by atoms with van der Waals surface area (Å²) in [6.07, 6.45) is 8.00. The number of hydrogen-bond acceptors (Lipinski definition) is 3. The average molecular weight is 285 g/mol. The largest absolute Gasteiger partial charge is 0.472 e.